The van der Waals surface area contributed by atoms with Crippen molar-refractivity contribution in [1.82, 2.24) is 4.90 Å². The number of likely N-dealkylation sites (N-methyl/N-ethyl adjacent to an activating group) is 1. The third-order valence-corrected chi connectivity index (χ3v) is 3.83. The number of rotatable bonds is 4. The minimum absolute atomic E-state index is 0.00109. The lowest BCUT2D eigenvalue weighted by atomic mass is 10.1. The lowest BCUT2D eigenvalue weighted by Gasteiger charge is -2.15. The van der Waals surface area contributed by atoms with Crippen molar-refractivity contribution in [3.05, 3.63) is 75.8 Å². The molecule has 1 amide bonds. The van der Waals surface area contributed by atoms with Crippen LogP contribution in [-0.2, 0) is 11.3 Å². The third-order valence-electron chi connectivity index (χ3n) is 3.30. The summed E-state index contributed by atoms with van der Waals surface area (Å²) in [6, 6.07) is 16.0. The lowest BCUT2D eigenvalue weighted by Crippen LogP contribution is -2.24. The van der Waals surface area contributed by atoms with Crippen LogP contribution in [0.2, 0.25) is 0 Å². The fourth-order valence-electron chi connectivity index (χ4n) is 2.00. The Morgan fingerprint density at radius 2 is 1.81 bits per heavy atom. The fourth-order valence-corrected chi connectivity index (χ4v) is 2.27. The predicted molar refractivity (Wildman–Crippen MR) is 90.8 cm³/mol. The molecule has 0 heterocycles. The van der Waals surface area contributed by atoms with Gasteiger partial charge in [-0.2, -0.15) is 0 Å². The minimum atomic E-state index is 0.00109. The molecule has 2 aromatic carbocycles. The van der Waals surface area contributed by atoms with Crippen molar-refractivity contribution in [2.24, 2.45) is 0 Å². The van der Waals surface area contributed by atoms with E-state index in [-0.39, 0.29) is 5.91 Å². The number of halogens is 1. The van der Waals surface area contributed by atoms with Crippen molar-refractivity contribution in [1.29, 1.82) is 0 Å². The van der Waals surface area contributed by atoms with Crippen LogP contribution >= 0.6 is 15.9 Å². The molecule has 0 fully saturated rings. The van der Waals surface area contributed by atoms with E-state index in [1.807, 2.05) is 68.6 Å². The molecule has 2 rings (SSSR count). The summed E-state index contributed by atoms with van der Waals surface area (Å²) >= 11 is 3.41. The van der Waals surface area contributed by atoms with Gasteiger partial charge in [-0.25, -0.2) is 0 Å². The smallest absolute Gasteiger partial charge is 0.246 e. The molecule has 0 aliphatic carbocycles. The number of amides is 1. The van der Waals surface area contributed by atoms with Crippen LogP contribution in [-0.4, -0.2) is 17.9 Å². The zero-order valence-corrected chi connectivity index (χ0v) is 13.8. The van der Waals surface area contributed by atoms with Crippen molar-refractivity contribution >= 4 is 27.9 Å². The van der Waals surface area contributed by atoms with Gasteiger partial charge in [0.1, 0.15) is 0 Å². The van der Waals surface area contributed by atoms with Crippen molar-refractivity contribution in [2.45, 2.75) is 13.5 Å². The van der Waals surface area contributed by atoms with Crippen LogP contribution in [0.25, 0.3) is 6.08 Å². The van der Waals surface area contributed by atoms with Gasteiger partial charge in [0.05, 0.1) is 0 Å². The second kappa shape index (κ2) is 7.23. The van der Waals surface area contributed by atoms with E-state index in [1.54, 1.807) is 11.0 Å². The molecule has 2 nitrogen and oxygen atoms in total. The van der Waals surface area contributed by atoms with Gasteiger partial charge < -0.3 is 4.90 Å². The van der Waals surface area contributed by atoms with Crippen LogP contribution in [0.4, 0.5) is 0 Å². The molecule has 0 aliphatic heterocycles. The van der Waals surface area contributed by atoms with E-state index in [1.165, 1.54) is 0 Å². The van der Waals surface area contributed by atoms with Gasteiger partial charge in [-0.05, 0) is 41.8 Å². The number of aryl methyl sites for hydroxylation is 1. The SMILES string of the molecule is Cc1ccccc1/C=C/C(=O)N(C)Cc1ccc(Br)cc1. The topological polar surface area (TPSA) is 20.3 Å². The number of hydrogen-bond acceptors (Lipinski definition) is 1. The first-order valence-corrected chi connectivity index (χ1v) is 7.59. The van der Waals surface area contributed by atoms with Crippen molar-refractivity contribution < 1.29 is 4.79 Å². The zero-order valence-electron chi connectivity index (χ0n) is 12.2. The molecular weight excluding hydrogens is 326 g/mol. The van der Waals surface area contributed by atoms with Gasteiger partial charge in [0.15, 0.2) is 0 Å². The molecule has 0 aromatic heterocycles. The fraction of sp³-hybridized carbons (Fsp3) is 0.167. The Morgan fingerprint density at radius 3 is 2.48 bits per heavy atom. The van der Waals surface area contributed by atoms with Gasteiger partial charge >= 0.3 is 0 Å². The van der Waals surface area contributed by atoms with Crippen LogP contribution in [0.1, 0.15) is 16.7 Å². The molecule has 108 valence electrons. The highest BCUT2D eigenvalue weighted by molar-refractivity contribution is 9.10. The standard InChI is InChI=1S/C18H18BrNO/c1-14-5-3-4-6-16(14)9-12-18(21)20(2)13-15-7-10-17(19)11-8-15/h3-12H,13H2,1-2H3/b12-9+. The Kier molecular flexibility index (Phi) is 5.34. The summed E-state index contributed by atoms with van der Waals surface area (Å²) < 4.78 is 1.04. The maximum absolute atomic E-state index is 12.1. The molecule has 0 bridgehead atoms. The second-order valence-corrected chi connectivity index (χ2v) is 5.93. The third kappa shape index (κ3) is 4.57. The number of carbonyl (C=O) groups is 1. The summed E-state index contributed by atoms with van der Waals surface area (Å²) in [6.45, 7) is 2.64. The van der Waals surface area contributed by atoms with Crippen LogP contribution in [0, 0.1) is 6.92 Å². The van der Waals surface area contributed by atoms with Crippen LogP contribution < -0.4 is 0 Å². The Hall–Kier alpha value is -1.87. The normalized spacial score (nSPS) is 10.8. The first-order valence-electron chi connectivity index (χ1n) is 6.79. The number of carbonyl (C=O) groups excluding carboxylic acids is 1. The summed E-state index contributed by atoms with van der Waals surface area (Å²) in [5, 5.41) is 0. The molecule has 0 saturated heterocycles. The summed E-state index contributed by atoms with van der Waals surface area (Å²) in [6.07, 6.45) is 3.50. The van der Waals surface area contributed by atoms with Crippen LogP contribution in [0.5, 0.6) is 0 Å². The number of nitrogens with zero attached hydrogens (tertiary/aromatic N) is 1. The quantitative estimate of drug-likeness (QED) is 0.752. The molecule has 0 atom stereocenters. The highest BCUT2D eigenvalue weighted by atomic mass is 79.9. The zero-order chi connectivity index (χ0) is 15.2. The summed E-state index contributed by atoms with van der Waals surface area (Å²) in [5.41, 5.74) is 3.35. The Morgan fingerprint density at radius 1 is 1.14 bits per heavy atom. The van der Waals surface area contributed by atoms with Gasteiger partial charge in [-0.1, -0.05) is 52.3 Å². The van der Waals surface area contributed by atoms with E-state index in [2.05, 4.69) is 15.9 Å². The molecule has 3 heteroatoms. The summed E-state index contributed by atoms with van der Waals surface area (Å²) in [7, 11) is 1.81. The molecule has 0 spiro atoms. The second-order valence-electron chi connectivity index (χ2n) is 5.01. The first kappa shape index (κ1) is 15.5. The number of benzene rings is 2. The molecule has 0 aliphatic rings. The average molecular weight is 344 g/mol. The summed E-state index contributed by atoms with van der Waals surface area (Å²) in [5.74, 6) is 0.00109. The molecule has 0 radical (unpaired) electrons. The lowest BCUT2D eigenvalue weighted by molar-refractivity contribution is -0.125. The van der Waals surface area contributed by atoms with E-state index in [4.69, 9.17) is 0 Å². The molecule has 2 aromatic rings. The Labute approximate surface area is 134 Å². The van der Waals surface area contributed by atoms with Gasteiger partial charge in [0, 0.05) is 24.1 Å². The Bertz CT molecular complexity index is 647. The first-order chi connectivity index (χ1) is 10.1. The van der Waals surface area contributed by atoms with Gasteiger partial charge in [0.25, 0.3) is 0 Å². The maximum atomic E-state index is 12.1. The Balaban J connectivity index is 1.99. The minimum Gasteiger partial charge on any atom is -0.338 e. The molecule has 0 unspecified atom stereocenters. The number of hydrogen-bond donors (Lipinski definition) is 0. The predicted octanol–water partition coefficient (Wildman–Crippen LogP) is 4.43. The van der Waals surface area contributed by atoms with E-state index >= 15 is 0 Å². The van der Waals surface area contributed by atoms with Gasteiger partial charge in [-0.15, -0.1) is 0 Å². The van der Waals surface area contributed by atoms with E-state index in [0.29, 0.717) is 6.54 Å². The van der Waals surface area contributed by atoms with E-state index in [9.17, 15) is 4.79 Å². The van der Waals surface area contributed by atoms with E-state index in [0.717, 1.165) is 21.2 Å². The van der Waals surface area contributed by atoms with Crippen molar-refractivity contribution in [3.8, 4) is 0 Å². The molecule has 0 saturated carbocycles. The maximum Gasteiger partial charge on any atom is 0.246 e. The highest BCUT2D eigenvalue weighted by Gasteiger charge is 2.05. The largest absolute Gasteiger partial charge is 0.338 e. The van der Waals surface area contributed by atoms with E-state index < -0.39 is 0 Å². The van der Waals surface area contributed by atoms with Crippen LogP contribution in [0.15, 0.2) is 59.1 Å². The monoisotopic (exact) mass is 343 g/mol. The van der Waals surface area contributed by atoms with Crippen molar-refractivity contribution in [3.63, 3.8) is 0 Å². The van der Waals surface area contributed by atoms with Gasteiger partial charge in [0.2, 0.25) is 5.91 Å². The highest BCUT2D eigenvalue weighted by Crippen LogP contribution is 2.12. The molecule has 21 heavy (non-hydrogen) atoms. The van der Waals surface area contributed by atoms with Crippen molar-refractivity contribution in [2.75, 3.05) is 7.05 Å². The van der Waals surface area contributed by atoms with Crippen LogP contribution in [0.3, 0.4) is 0 Å². The molecule has 0 N–H and O–H groups in total. The van der Waals surface area contributed by atoms with Gasteiger partial charge in [-0.3, -0.25) is 4.79 Å². The molecular formula is C18H18BrNO. The average Bonchev–Trinajstić information content (AvgIpc) is 2.48. The summed E-state index contributed by atoms with van der Waals surface area (Å²) in [4.78, 5) is 13.8.